The second kappa shape index (κ2) is 11.3. The lowest BCUT2D eigenvalue weighted by atomic mass is 10.2. The first-order valence-electron chi connectivity index (χ1n) is 11.7. The molecule has 2 heterocycles. The van der Waals surface area contributed by atoms with E-state index in [-0.39, 0.29) is 23.9 Å². The van der Waals surface area contributed by atoms with Gasteiger partial charge < -0.3 is 14.6 Å². The van der Waals surface area contributed by atoms with Crippen molar-refractivity contribution in [2.75, 3.05) is 25.0 Å². The quantitative estimate of drug-likeness (QED) is 0.507. The van der Waals surface area contributed by atoms with Gasteiger partial charge in [0.2, 0.25) is 15.9 Å². The lowest BCUT2D eigenvalue weighted by Crippen LogP contribution is -2.37. The Bertz CT molecular complexity index is 1220. The van der Waals surface area contributed by atoms with E-state index < -0.39 is 15.9 Å². The fourth-order valence-electron chi connectivity index (χ4n) is 4.07. The monoisotopic (exact) mass is 495 g/mol. The summed E-state index contributed by atoms with van der Waals surface area (Å²) in [6.45, 7) is 0.928. The van der Waals surface area contributed by atoms with Crippen molar-refractivity contribution in [1.29, 1.82) is 0 Å². The van der Waals surface area contributed by atoms with Crippen LogP contribution in [0.5, 0.6) is 0 Å². The second-order valence-electron chi connectivity index (χ2n) is 8.50. The molecule has 2 amide bonds. The summed E-state index contributed by atoms with van der Waals surface area (Å²) in [6.07, 6.45) is 5.27. The third kappa shape index (κ3) is 6.37. The van der Waals surface area contributed by atoms with E-state index >= 15 is 0 Å². The molecule has 1 aliphatic rings. The summed E-state index contributed by atoms with van der Waals surface area (Å²) in [7, 11) is -3.61. The van der Waals surface area contributed by atoms with Gasteiger partial charge in [0.05, 0.1) is 17.7 Å². The molecule has 0 radical (unpaired) electrons. The van der Waals surface area contributed by atoms with Crippen molar-refractivity contribution in [3.8, 4) is 0 Å². The Balaban J connectivity index is 1.50. The lowest BCUT2D eigenvalue weighted by Gasteiger charge is -2.22. The molecule has 184 valence electrons. The molecule has 0 unspecified atom stereocenters. The molecule has 35 heavy (non-hydrogen) atoms. The number of nitrogens with zero attached hydrogens (tertiary/aromatic N) is 2. The molecule has 0 spiro atoms. The van der Waals surface area contributed by atoms with E-state index in [1.54, 1.807) is 24.3 Å². The van der Waals surface area contributed by atoms with Gasteiger partial charge in [0.25, 0.3) is 5.91 Å². The highest BCUT2D eigenvalue weighted by Crippen LogP contribution is 2.21. The Labute approximate surface area is 205 Å². The second-order valence-corrected chi connectivity index (χ2v) is 10.4. The number of carbonyl (C=O) groups is 2. The first-order chi connectivity index (χ1) is 16.9. The van der Waals surface area contributed by atoms with Crippen LogP contribution in [0.1, 0.15) is 41.8 Å². The molecule has 1 aliphatic heterocycles. The summed E-state index contributed by atoms with van der Waals surface area (Å²) in [5.74, 6) is -0.217. The van der Waals surface area contributed by atoms with E-state index in [0.717, 1.165) is 25.7 Å². The van der Waals surface area contributed by atoms with E-state index in [9.17, 15) is 18.0 Å². The average molecular weight is 496 g/mol. The molecule has 1 fully saturated rings. The zero-order valence-electron chi connectivity index (χ0n) is 19.4. The number of furan rings is 1. The minimum absolute atomic E-state index is 0.0991. The van der Waals surface area contributed by atoms with Gasteiger partial charge in [0.15, 0.2) is 0 Å². The SMILES string of the molecule is O=C(CN(Cc1ccco1)C(=O)c1ccc(S(=O)(=O)N2CCCCCC2)cc1)Nc1ccccc1. The van der Waals surface area contributed by atoms with Crippen LogP contribution >= 0.6 is 0 Å². The van der Waals surface area contributed by atoms with Gasteiger partial charge in [-0.3, -0.25) is 9.59 Å². The predicted octanol–water partition coefficient (Wildman–Crippen LogP) is 4.13. The minimum atomic E-state index is -3.61. The highest BCUT2D eigenvalue weighted by molar-refractivity contribution is 7.89. The maximum atomic E-state index is 13.3. The molecule has 0 saturated carbocycles. The summed E-state index contributed by atoms with van der Waals surface area (Å²) in [4.78, 5) is 27.5. The highest BCUT2D eigenvalue weighted by Gasteiger charge is 2.26. The maximum Gasteiger partial charge on any atom is 0.254 e. The van der Waals surface area contributed by atoms with Crippen LogP contribution in [0, 0.1) is 0 Å². The first-order valence-corrected chi connectivity index (χ1v) is 13.1. The van der Waals surface area contributed by atoms with E-state index in [0.29, 0.717) is 30.1 Å². The van der Waals surface area contributed by atoms with Crippen LogP contribution in [-0.2, 0) is 21.4 Å². The minimum Gasteiger partial charge on any atom is -0.467 e. The number of para-hydroxylation sites is 1. The molecule has 8 nitrogen and oxygen atoms in total. The predicted molar refractivity (Wildman–Crippen MR) is 132 cm³/mol. The van der Waals surface area contributed by atoms with Gasteiger partial charge in [-0.15, -0.1) is 0 Å². The van der Waals surface area contributed by atoms with Gasteiger partial charge in [-0.1, -0.05) is 31.0 Å². The van der Waals surface area contributed by atoms with E-state index in [2.05, 4.69) is 5.32 Å². The van der Waals surface area contributed by atoms with Crippen molar-refractivity contribution < 1.29 is 22.4 Å². The summed E-state index contributed by atoms with van der Waals surface area (Å²) in [5, 5.41) is 2.78. The van der Waals surface area contributed by atoms with Crippen LogP contribution in [0.4, 0.5) is 5.69 Å². The maximum absolute atomic E-state index is 13.3. The van der Waals surface area contributed by atoms with Gasteiger partial charge in [0.1, 0.15) is 12.3 Å². The van der Waals surface area contributed by atoms with Crippen molar-refractivity contribution in [2.45, 2.75) is 37.1 Å². The molecule has 1 aromatic heterocycles. The Morgan fingerprint density at radius 3 is 2.20 bits per heavy atom. The molecule has 0 atom stereocenters. The van der Waals surface area contributed by atoms with Gasteiger partial charge in [0, 0.05) is 24.3 Å². The fourth-order valence-corrected chi connectivity index (χ4v) is 5.59. The third-order valence-corrected chi connectivity index (χ3v) is 7.82. The highest BCUT2D eigenvalue weighted by atomic mass is 32.2. The van der Waals surface area contributed by atoms with Crippen LogP contribution in [-0.4, -0.2) is 49.1 Å². The zero-order chi connectivity index (χ0) is 24.7. The number of anilines is 1. The van der Waals surface area contributed by atoms with Gasteiger partial charge in [-0.2, -0.15) is 4.31 Å². The molecular formula is C26H29N3O5S. The largest absolute Gasteiger partial charge is 0.467 e. The molecule has 4 rings (SSSR count). The number of rotatable bonds is 8. The van der Waals surface area contributed by atoms with Crippen LogP contribution in [0.2, 0.25) is 0 Å². The number of hydrogen-bond acceptors (Lipinski definition) is 5. The molecule has 2 aromatic carbocycles. The van der Waals surface area contributed by atoms with E-state index in [1.807, 2.05) is 18.2 Å². The Morgan fingerprint density at radius 1 is 0.886 bits per heavy atom. The number of sulfonamides is 1. The zero-order valence-corrected chi connectivity index (χ0v) is 20.2. The van der Waals surface area contributed by atoms with Crippen LogP contribution in [0.25, 0.3) is 0 Å². The van der Waals surface area contributed by atoms with Crippen LogP contribution < -0.4 is 5.32 Å². The van der Waals surface area contributed by atoms with Crippen molar-refractivity contribution in [3.63, 3.8) is 0 Å². The molecular weight excluding hydrogens is 466 g/mol. The molecule has 1 saturated heterocycles. The topological polar surface area (TPSA) is 99.9 Å². The van der Waals surface area contributed by atoms with Crippen molar-refractivity contribution in [1.82, 2.24) is 9.21 Å². The van der Waals surface area contributed by atoms with Crippen LogP contribution in [0.3, 0.4) is 0 Å². The first kappa shape index (κ1) is 24.7. The van der Waals surface area contributed by atoms with Crippen molar-refractivity contribution in [3.05, 3.63) is 84.3 Å². The third-order valence-electron chi connectivity index (χ3n) is 5.91. The Morgan fingerprint density at radius 2 is 1.57 bits per heavy atom. The van der Waals surface area contributed by atoms with Gasteiger partial charge >= 0.3 is 0 Å². The van der Waals surface area contributed by atoms with Crippen molar-refractivity contribution >= 4 is 27.5 Å². The lowest BCUT2D eigenvalue weighted by molar-refractivity contribution is -0.117. The Kier molecular flexibility index (Phi) is 7.99. The Hall–Kier alpha value is -3.43. The molecule has 0 aliphatic carbocycles. The van der Waals surface area contributed by atoms with E-state index in [4.69, 9.17) is 4.42 Å². The number of nitrogens with one attached hydrogen (secondary N) is 1. The molecule has 0 bridgehead atoms. The van der Waals surface area contributed by atoms with Crippen molar-refractivity contribution in [2.24, 2.45) is 0 Å². The summed E-state index contributed by atoms with van der Waals surface area (Å²) < 4.78 is 33.0. The molecule has 1 N–H and O–H groups in total. The summed E-state index contributed by atoms with van der Waals surface area (Å²) in [5.41, 5.74) is 0.921. The number of carbonyl (C=O) groups excluding carboxylic acids is 2. The summed E-state index contributed by atoms with van der Waals surface area (Å²) in [6, 6.07) is 18.3. The normalized spacial score (nSPS) is 14.7. The smallest absolute Gasteiger partial charge is 0.254 e. The molecule has 3 aromatic rings. The molecule has 9 heteroatoms. The van der Waals surface area contributed by atoms with Crippen LogP contribution in [0.15, 0.2) is 82.3 Å². The fraction of sp³-hybridized carbons (Fsp3) is 0.308. The van der Waals surface area contributed by atoms with E-state index in [1.165, 1.54) is 39.7 Å². The number of benzene rings is 2. The van der Waals surface area contributed by atoms with Gasteiger partial charge in [-0.25, -0.2) is 8.42 Å². The summed E-state index contributed by atoms with van der Waals surface area (Å²) >= 11 is 0. The average Bonchev–Trinajstić information content (AvgIpc) is 3.22. The van der Waals surface area contributed by atoms with Gasteiger partial charge in [-0.05, 0) is 61.4 Å². The number of hydrogen-bond donors (Lipinski definition) is 1. The number of amides is 2. The standard InChI is InChI=1S/C26H29N3O5S/c30-25(27-22-9-4-3-5-10-22)20-28(19-23-11-8-18-34-23)26(31)21-12-14-24(15-13-21)35(32,33)29-16-6-1-2-7-17-29/h3-5,8-15,18H,1-2,6-7,16-17,19-20H2,(H,27,30).